The zero-order valence-electron chi connectivity index (χ0n) is 7.52. The minimum Gasteiger partial charge on any atom is -0.480 e. The molecule has 1 aliphatic heterocycles. The summed E-state index contributed by atoms with van der Waals surface area (Å²) in [6, 6.07) is 0. The van der Waals surface area contributed by atoms with Crippen molar-refractivity contribution in [3.8, 4) is 0 Å². The van der Waals surface area contributed by atoms with Gasteiger partial charge >= 0.3 is 11.9 Å². The van der Waals surface area contributed by atoms with Crippen LogP contribution in [0.3, 0.4) is 0 Å². The highest BCUT2D eigenvalue weighted by atomic mass is 16.5. The lowest BCUT2D eigenvalue weighted by molar-refractivity contribution is -0.145. The molecule has 0 radical (unpaired) electrons. The van der Waals surface area contributed by atoms with Crippen LogP contribution in [0.5, 0.6) is 0 Å². The Balaban J connectivity index is 2.36. The lowest BCUT2D eigenvalue weighted by atomic mass is 10.1. The van der Waals surface area contributed by atoms with Gasteiger partial charge in [-0.15, -0.1) is 0 Å². The first kappa shape index (κ1) is 9.98. The first-order valence-corrected chi connectivity index (χ1v) is 4.15. The van der Waals surface area contributed by atoms with Gasteiger partial charge in [-0.05, 0) is 13.0 Å². The number of rotatable bonds is 3. The number of carboxylic acid groups (broad SMARTS) is 1. The van der Waals surface area contributed by atoms with Crippen LogP contribution in [0.1, 0.15) is 6.42 Å². The summed E-state index contributed by atoms with van der Waals surface area (Å²) in [7, 11) is 1.35. The molecule has 1 N–H and O–H groups in total. The van der Waals surface area contributed by atoms with Gasteiger partial charge in [-0.1, -0.05) is 0 Å². The molecule has 1 aliphatic rings. The summed E-state index contributed by atoms with van der Waals surface area (Å²) in [5.41, 5.74) is 0. The first-order valence-electron chi connectivity index (χ1n) is 4.15. The lowest BCUT2D eigenvalue weighted by Crippen LogP contribution is -2.29. The SMILES string of the molecule is COC(=O)[C@H]1CCN(CC(=O)O)C1. The maximum Gasteiger partial charge on any atom is 0.317 e. The molecule has 0 saturated carbocycles. The number of methoxy groups -OCH3 is 1. The number of carboxylic acids is 1. The van der Waals surface area contributed by atoms with E-state index in [0.717, 1.165) is 0 Å². The molecule has 5 heteroatoms. The number of likely N-dealkylation sites (tertiary alicyclic amines) is 1. The average molecular weight is 187 g/mol. The highest BCUT2D eigenvalue weighted by Gasteiger charge is 2.29. The molecule has 1 atom stereocenters. The van der Waals surface area contributed by atoms with E-state index in [9.17, 15) is 9.59 Å². The second-order valence-electron chi connectivity index (χ2n) is 3.14. The molecular weight excluding hydrogens is 174 g/mol. The Labute approximate surface area is 76.3 Å². The number of hydrogen-bond donors (Lipinski definition) is 1. The molecule has 0 unspecified atom stereocenters. The Bertz CT molecular complexity index is 216. The van der Waals surface area contributed by atoms with E-state index in [0.29, 0.717) is 19.5 Å². The van der Waals surface area contributed by atoms with Gasteiger partial charge in [0.1, 0.15) is 0 Å². The quantitative estimate of drug-likeness (QED) is 0.607. The predicted molar refractivity (Wildman–Crippen MR) is 44.2 cm³/mol. The number of aliphatic carboxylic acids is 1. The zero-order valence-corrected chi connectivity index (χ0v) is 7.52. The second kappa shape index (κ2) is 4.23. The highest BCUT2D eigenvalue weighted by molar-refractivity contribution is 5.73. The van der Waals surface area contributed by atoms with Crippen LogP contribution in [-0.4, -0.2) is 48.7 Å². The van der Waals surface area contributed by atoms with Crippen LogP contribution in [0.2, 0.25) is 0 Å². The molecule has 5 nitrogen and oxygen atoms in total. The summed E-state index contributed by atoms with van der Waals surface area (Å²) >= 11 is 0. The van der Waals surface area contributed by atoms with Crippen molar-refractivity contribution < 1.29 is 19.4 Å². The molecule has 0 aliphatic carbocycles. The summed E-state index contributed by atoms with van der Waals surface area (Å²) in [5.74, 6) is -1.25. The largest absolute Gasteiger partial charge is 0.480 e. The van der Waals surface area contributed by atoms with Crippen LogP contribution in [-0.2, 0) is 14.3 Å². The first-order chi connectivity index (χ1) is 6.13. The number of carbonyl (C=O) groups is 2. The Morgan fingerprint density at radius 2 is 2.31 bits per heavy atom. The van der Waals surface area contributed by atoms with Crippen molar-refractivity contribution in [1.29, 1.82) is 0 Å². The molecule has 0 aromatic carbocycles. The number of ether oxygens (including phenoxy) is 1. The molecule has 0 aromatic heterocycles. The topological polar surface area (TPSA) is 66.8 Å². The molecule has 13 heavy (non-hydrogen) atoms. The van der Waals surface area contributed by atoms with Crippen LogP contribution in [0.15, 0.2) is 0 Å². The van der Waals surface area contributed by atoms with Crippen LogP contribution < -0.4 is 0 Å². The fourth-order valence-electron chi connectivity index (χ4n) is 1.53. The fraction of sp³-hybridized carbons (Fsp3) is 0.750. The highest BCUT2D eigenvalue weighted by Crippen LogP contribution is 2.16. The maximum atomic E-state index is 11.0. The van der Waals surface area contributed by atoms with Gasteiger partial charge in [-0.2, -0.15) is 0 Å². The molecule has 1 rings (SSSR count). The summed E-state index contributed by atoms with van der Waals surface area (Å²) in [4.78, 5) is 23.1. The van der Waals surface area contributed by atoms with Crippen molar-refractivity contribution in [2.45, 2.75) is 6.42 Å². The number of hydrogen-bond acceptors (Lipinski definition) is 4. The maximum absolute atomic E-state index is 11.0. The number of esters is 1. The number of nitrogens with zero attached hydrogens (tertiary/aromatic N) is 1. The van der Waals surface area contributed by atoms with Crippen LogP contribution in [0, 0.1) is 5.92 Å². The smallest absolute Gasteiger partial charge is 0.317 e. The fourth-order valence-corrected chi connectivity index (χ4v) is 1.53. The van der Waals surface area contributed by atoms with Gasteiger partial charge < -0.3 is 9.84 Å². The molecule has 1 saturated heterocycles. The van der Waals surface area contributed by atoms with Gasteiger partial charge in [0.25, 0.3) is 0 Å². The van der Waals surface area contributed by atoms with E-state index in [1.807, 2.05) is 0 Å². The second-order valence-corrected chi connectivity index (χ2v) is 3.14. The van der Waals surface area contributed by atoms with Crippen molar-refractivity contribution in [2.75, 3.05) is 26.7 Å². The van der Waals surface area contributed by atoms with E-state index in [-0.39, 0.29) is 18.4 Å². The van der Waals surface area contributed by atoms with Crippen molar-refractivity contribution in [3.63, 3.8) is 0 Å². The average Bonchev–Trinajstić information content (AvgIpc) is 2.50. The van der Waals surface area contributed by atoms with Crippen molar-refractivity contribution in [1.82, 2.24) is 4.90 Å². The summed E-state index contributed by atoms with van der Waals surface area (Å²) in [6.07, 6.45) is 0.694. The Morgan fingerprint density at radius 3 is 2.85 bits per heavy atom. The standard InChI is InChI=1S/C8H13NO4/c1-13-8(12)6-2-3-9(4-6)5-7(10)11/h6H,2-5H2,1H3,(H,10,11)/t6-/m0/s1. The summed E-state index contributed by atoms with van der Waals surface area (Å²) in [5, 5.41) is 8.50. The van der Waals surface area contributed by atoms with Gasteiger partial charge in [-0.3, -0.25) is 14.5 Å². The Morgan fingerprint density at radius 1 is 1.62 bits per heavy atom. The van der Waals surface area contributed by atoms with E-state index in [1.165, 1.54) is 7.11 Å². The summed E-state index contributed by atoms with van der Waals surface area (Å²) < 4.78 is 4.57. The van der Waals surface area contributed by atoms with E-state index < -0.39 is 5.97 Å². The van der Waals surface area contributed by atoms with Gasteiger partial charge in [-0.25, -0.2) is 0 Å². The zero-order chi connectivity index (χ0) is 9.84. The molecule has 1 fully saturated rings. The van der Waals surface area contributed by atoms with Crippen LogP contribution in [0.4, 0.5) is 0 Å². The number of carbonyl (C=O) groups excluding carboxylic acids is 1. The normalized spacial score (nSPS) is 23.0. The lowest BCUT2D eigenvalue weighted by Gasteiger charge is -2.11. The third kappa shape index (κ3) is 2.69. The van der Waals surface area contributed by atoms with E-state index in [4.69, 9.17) is 5.11 Å². The van der Waals surface area contributed by atoms with Crippen molar-refractivity contribution in [3.05, 3.63) is 0 Å². The van der Waals surface area contributed by atoms with Gasteiger partial charge in [0.2, 0.25) is 0 Å². The van der Waals surface area contributed by atoms with Gasteiger partial charge in [0.05, 0.1) is 19.6 Å². The third-order valence-corrected chi connectivity index (χ3v) is 2.17. The third-order valence-electron chi connectivity index (χ3n) is 2.17. The van der Waals surface area contributed by atoms with Crippen molar-refractivity contribution in [2.24, 2.45) is 5.92 Å². The van der Waals surface area contributed by atoms with E-state index in [1.54, 1.807) is 4.90 Å². The Kier molecular flexibility index (Phi) is 3.25. The molecule has 0 amide bonds. The van der Waals surface area contributed by atoms with Gasteiger partial charge in [0, 0.05) is 6.54 Å². The minimum absolute atomic E-state index is 0.00743. The molecule has 74 valence electrons. The van der Waals surface area contributed by atoms with Crippen LogP contribution in [0.25, 0.3) is 0 Å². The molecule has 0 bridgehead atoms. The van der Waals surface area contributed by atoms with Crippen LogP contribution >= 0.6 is 0 Å². The van der Waals surface area contributed by atoms with E-state index in [2.05, 4.69) is 4.74 Å². The molecule has 0 spiro atoms. The Hall–Kier alpha value is -1.10. The molecule has 0 aromatic rings. The van der Waals surface area contributed by atoms with E-state index >= 15 is 0 Å². The predicted octanol–water partition coefficient (Wildman–Crippen LogP) is -0.434. The molecule has 1 heterocycles. The van der Waals surface area contributed by atoms with Crippen molar-refractivity contribution >= 4 is 11.9 Å². The monoisotopic (exact) mass is 187 g/mol. The summed E-state index contributed by atoms with van der Waals surface area (Å²) in [6.45, 7) is 1.17. The minimum atomic E-state index is -0.856. The molecular formula is C8H13NO4. The van der Waals surface area contributed by atoms with Gasteiger partial charge in [0.15, 0.2) is 0 Å².